The van der Waals surface area contributed by atoms with Crippen molar-refractivity contribution in [1.82, 2.24) is 0 Å². The lowest BCUT2D eigenvalue weighted by Gasteiger charge is -2.32. The van der Waals surface area contributed by atoms with Gasteiger partial charge in [-0.1, -0.05) is 32.1 Å². The first-order chi connectivity index (χ1) is 6.99. The molecule has 15 heavy (non-hydrogen) atoms. The fourth-order valence-corrected chi connectivity index (χ4v) is 1.97. The highest BCUT2D eigenvalue weighted by Crippen LogP contribution is 2.38. The molecule has 1 fully saturated rings. The van der Waals surface area contributed by atoms with Crippen molar-refractivity contribution in [3.05, 3.63) is 24.3 Å². The largest absolute Gasteiger partial charge is 0.478 e. The maximum absolute atomic E-state index is 10.2. The predicted molar refractivity (Wildman–Crippen MR) is 61.7 cm³/mol. The molecule has 0 aliphatic heterocycles. The molecule has 0 aromatic carbocycles. The predicted octanol–water partition coefficient (Wildman–Crippen LogP) is 3.40. The van der Waals surface area contributed by atoms with Gasteiger partial charge in [0.05, 0.1) is 0 Å². The topological polar surface area (TPSA) is 37.3 Å². The number of rotatable bonds is 3. The van der Waals surface area contributed by atoms with E-state index in [1.54, 1.807) is 6.08 Å². The maximum atomic E-state index is 10.2. The maximum Gasteiger partial charge on any atom is 0.328 e. The summed E-state index contributed by atoms with van der Waals surface area (Å²) < 4.78 is 0. The molecule has 84 valence electrons. The van der Waals surface area contributed by atoms with Crippen molar-refractivity contribution < 1.29 is 9.90 Å². The number of carboxylic acid groups (broad SMARTS) is 1. The van der Waals surface area contributed by atoms with Crippen LogP contribution in [-0.2, 0) is 4.79 Å². The lowest BCUT2D eigenvalue weighted by atomic mass is 9.73. The Morgan fingerprint density at radius 3 is 2.40 bits per heavy atom. The molecule has 0 aromatic rings. The zero-order valence-electron chi connectivity index (χ0n) is 9.57. The van der Waals surface area contributed by atoms with Crippen LogP contribution in [0.1, 0.15) is 39.5 Å². The molecule has 0 aromatic heterocycles. The molecule has 0 spiro atoms. The first kappa shape index (κ1) is 12.0. The third-order valence-electron chi connectivity index (χ3n) is 3.12. The second-order valence-corrected chi connectivity index (χ2v) is 5.08. The Kier molecular flexibility index (Phi) is 4.13. The SMILES string of the molecule is CC1(C)CCC(/C=C/C=C/C(=O)O)CC1. The lowest BCUT2D eigenvalue weighted by Crippen LogP contribution is -2.20. The van der Waals surface area contributed by atoms with E-state index in [0.29, 0.717) is 11.3 Å². The van der Waals surface area contributed by atoms with Crippen LogP contribution in [0.4, 0.5) is 0 Å². The van der Waals surface area contributed by atoms with Crippen molar-refractivity contribution in [1.29, 1.82) is 0 Å². The third-order valence-corrected chi connectivity index (χ3v) is 3.12. The number of allylic oxidation sites excluding steroid dienone is 3. The summed E-state index contributed by atoms with van der Waals surface area (Å²) in [4.78, 5) is 10.2. The van der Waals surface area contributed by atoms with Crippen LogP contribution < -0.4 is 0 Å². The fourth-order valence-electron chi connectivity index (χ4n) is 1.97. The number of hydrogen-bond donors (Lipinski definition) is 1. The van der Waals surface area contributed by atoms with Gasteiger partial charge in [-0.2, -0.15) is 0 Å². The second-order valence-electron chi connectivity index (χ2n) is 5.08. The van der Waals surface area contributed by atoms with Crippen molar-refractivity contribution in [2.24, 2.45) is 11.3 Å². The minimum absolute atomic E-state index is 0.501. The molecule has 0 unspecified atom stereocenters. The van der Waals surface area contributed by atoms with E-state index in [4.69, 9.17) is 5.11 Å². The molecular formula is C13H20O2. The first-order valence-corrected chi connectivity index (χ1v) is 5.57. The van der Waals surface area contributed by atoms with Gasteiger partial charge in [0.15, 0.2) is 0 Å². The Hall–Kier alpha value is -1.05. The van der Waals surface area contributed by atoms with Gasteiger partial charge in [0, 0.05) is 6.08 Å². The molecule has 2 nitrogen and oxygen atoms in total. The summed E-state index contributed by atoms with van der Waals surface area (Å²) in [6, 6.07) is 0. The van der Waals surface area contributed by atoms with Gasteiger partial charge < -0.3 is 5.11 Å². The van der Waals surface area contributed by atoms with Crippen LogP contribution in [-0.4, -0.2) is 11.1 Å². The number of aliphatic carboxylic acids is 1. The molecule has 2 heteroatoms. The standard InChI is InChI=1S/C13H20O2/c1-13(2)9-7-11(8-10-13)5-3-4-6-12(14)15/h3-6,11H,7-10H2,1-2H3,(H,14,15)/b5-3+,6-4+. The summed E-state index contributed by atoms with van der Waals surface area (Å²) in [5, 5.41) is 8.40. The first-order valence-electron chi connectivity index (χ1n) is 5.57. The van der Waals surface area contributed by atoms with Crippen molar-refractivity contribution >= 4 is 5.97 Å². The molecule has 1 N–H and O–H groups in total. The molecule has 1 saturated carbocycles. The molecule has 0 atom stereocenters. The molecule has 0 heterocycles. The van der Waals surface area contributed by atoms with E-state index in [0.717, 1.165) is 0 Å². The molecule has 1 rings (SSSR count). The van der Waals surface area contributed by atoms with Crippen LogP contribution in [0.25, 0.3) is 0 Å². The lowest BCUT2D eigenvalue weighted by molar-refractivity contribution is -0.131. The summed E-state index contributed by atoms with van der Waals surface area (Å²) in [6.45, 7) is 4.63. The highest BCUT2D eigenvalue weighted by molar-refractivity contribution is 5.80. The van der Waals surface area contributed by atoms with E-state index in [2.05, 4.69) is 19.9 Å². The third kappa shape index (κ3) is 4.82. The quantitative estimate of drug-likeness (QED) is 0.570. The summed E-state index contributed by atoms with van der Waals surface area (Å²) in [7, 11) is 0. The summed E-state index contributed by atoms with van der Waals surface area (Å²) in [6.07, 6.45) is 11.8. The molecule has 1 aliphatic rings. The Labute approximate surface area is 91.7 Å². The van der Waals surface area contributed by atoms with Crippen LogP contribution in [0.5, 0.6) is 0 Å². The monoisotopic (exact) mass is 208 g/mol. The molecule has 0 radical (unpaired) electrons. The number of carboxylic acids is 1. The molecule has 0 amide bonds. The number of carbonyl (C=O) groups is 1. The van der Waals surface area contributed by atoms with E-state index in [-0.39, 0.29) is 0 Å². The van der Waals surface area contributed by atoms with Crippen LogP contribution >= 0.6 is 0 Å². The van der Waals surface area contributed by atoms with Crippen LogP contribution in [0.15, 0.2) is 24.3 Å². The summed E-state index contributed by atoms with van der Waals surface area (Å²) >= 11 is 0. The highest BCUT2D eigenvalue weighted by Gasteiger charge is 2.25. The number of hydrogen-bond acceptors (Lipinski definition) is 1. The van der Waals surface area contributed by atoms with Gasteiger partial charge in [-0.3, -0.25) is 0 Å². The van der Waals surface area contributed by atoms with E-state index < -0.39 is 5.97 Å². The zero-order chi connectivity index (χ0) is 11.3. The Balaban J connectivity index is 2.32. The van der Waals surface area contributed by atoms with Crippen LogP contribution in [0.3, 0.4) is 0 Å². The van der Waals surface area contributed by atoms with Gasteiger partial charge in [-0.05, 0) is 37.0 Å². The van der Waals surface area contributed by atoms with Gasteiger partial charge in [0.2, 0.25) is 0 Å². The smallest absolute Gasteiger partial charge is 0.328 e. The molecule has 1 aliphatic carbocycles. The van der Waals surface area contributed by atoms with E-state index in [1.807, 2.05) is 6.08 Å². The minimum Gasteiger partial charge on any atom is -0.478 e. The van der Waals surface area contributed by atoms with Crippen molar-refractivity contribution in [3.63, 3.8) is 0 Å². The van der Waals surface area contributed by atoms with Gasteiger partial charge in [-0.25, -0.2) is 4.79 Å². The second kappa shape index (κ2) is 5.15. The van der Waals surface area contributed by atoms with Crippen LogP contribution in [0, 0.1) is 11.3 Å². The van der Waals surface area contributed by atoms with Gasteiger partial charge >= 0.3 is 5.97 Å². The van der Waals surface area contributed by atoms with Crippen molar-refractivity contribution in [2.75, 3.05) is 0 Å². The molecule has 0 saturated heterocycles. The highest BCUT2D eigenvalue weighted by atomic mass is 16.4. The minimum atomic E-state index is -0.885. The Morgan fingerprint density at radius 1 is 1.27 bits per heavy atom. The zero-order valence-corrected chi connectivity index (χ0v) is 9.57. The molecule has 0 bridgehead atoms. The van der Waals surface area contributed by atoms with E-state index >= 15 is 0 Å². The normalized spacial score (nSPS) is 22.5. The average molecular weight is 208 g/mol. The van der Waals surface area contributed by atoms with Gasteiger partial charge in [-0.15, -0.1) is 0 Å². The molecular weight excluding hydrogens is 188 g/mol. The fraction of sp³-hybridized carbons (Fsp3) is 0.615. The van der Waals surface area contributed by atoms with Gasteiger partial charge in [0.25, 0.3) is 0 Å². The van der Waals surface area contributed by atoms with Crippen molar-refractivity contribution in [3.8, 4) is 0 Å². The van der Waals surface area contributed by atoms with Gasteiger partial charge in [0.1, 0.15) is 0 Å². The summed E-state index contributed by atoms with van der Waals surface area (Å²) in [5.41, 5.74) is 0.501. The van der Waals surface area contributed by atoms with Crippen LogP contribution in [0.2, 0.25) is 0 Å². The van der Waals surface area contributed by atoms with Crippen molar-refractivity contribution in [2.45, 2.75) is 39.5 Å². The average Bonchev–Trinajstić information content (AvgIpc) is 2.14. The Bertz CT molecular complexity index is 264. The Morgan fingerprint density at radius 2 is 1.87 bits per heavy atom. The summed E-state index contributed by atoms with van der Waals surface area (Å²) in [5.74, 6) is -0.249. The van der Waals surface area contributed by atoms with E-state index in [9.17, 15) is 4.79 Å². The van der Waals surface area contributed by atoms with E-state index in [1.165, 1.54) is 31.8 Å².